The van der Waals surface area contributed by atoms with Gasteiger partial charge in [-0.2, -0.15) is 5.26 Å². The highest BCUT2D eigenvalue weighted by molar-refractivity contribution is 5.85. The van der Waals surface area contributed by atoms with Crippen LogP contribution < -0.4 is 0 Å². The SMILES string of the molecule is CCC(C#N)(CC)C(=O)N1CCCC1CO. The molecule has 1 unspecified atom stereocenters. The third-order valence-corrected chi connectivity index (χ3v) is 3.68. The van der Waals surface area contributed by atoms with Crippen molar-refractivity contribution in [3.8, 4) is 6.07 Å². The number of carbonyl (C=O) groups excluding carboxylic acids is 1. The van der Waals surface area contributed by atoms with Crippen molar-refractivity contribution in [2.75, 3.05) is 13.2 Å². The van der Waals surface area contributed by atoms with E-state index < -0.39 is 5.41 Å². The average molecular weight is 224 g/mol. The molecule has 0 aliphatic carbocycles. The van der Waals surface area contributed by atoms with Gasteiger partial charge in [-0.25, -0.2) is 0 Å². The topological polar surface area (TPSA) is 64.3 Å². The number of rotatable bonds is 4. The maximum absolute atomic E-state index is 12.3. The van der Waals surface area contributed by atoms with Crippen LogP contribution in [0.2, 0.25) is 0 Å². The maximum atomic E-state index is 12.3. The van der Waals surface area contributed by atoms with Crippen LogP contribution >= 0.6 is 0 Å². The molecule has 4 heteroatoms. The molecule has 1 fully saturated rings. The Kier molecular flexibility index (Phi) is 4.31. The number of hydrogen-bond donors (Lipinski definition) is 1. The van der Waals surface area contributed by atoms with E-state index in [1.807, 2.05) is 13.8 Å². The fourth-order valence-corrected chi connectivity index (χ4v) is 2.33. The van der Waals surface area contributed by atoms with Crippen LogP contribution in [0.1, 0.15) is 39.5 Å². The molecule has 1 rings (SSSR count). The lowest BCUT2D eigenvalue weighted by Gasteiger charge is -2.31. The molecule has 0 bridgehead atoms. The van der Waals surface area contributed by atoms with Crippen molar-refractivity contribution < 1.29 is 9.90 Å². The van der Waals surface area contributed by atoms with Gasteiger partial charge in [-0.3, -0.25) is 4.79 Å². The second-order valence-electron chi connectivity index (χ2n) is 4.38. The van der Waals surface area contributed by atoms with Crippen molar-refractivity contribution in [3.05, 3.63) is 0 Å². The van der Waals surface area contributed by atoms with Crippen molar-refractivity contribution in [2.24, 2.45) is 5.41 Å². The van der Waals surface area contributed by atoms with E-state index in [1.54, 1.807) is 4.90 Å². The van der Waals surface area contributed by atoms with Gasteiger partial charge in [0.2, 0.25) is 5.91 Å². The molecule has 16 heavy (non-hydrogen) atoms. The van der Waals surface area contributed by atoms with E-state index in [1.165, 1.54) is 0 Å². The van der Waals surface area contributed by atoms with Crippen molar-refractivity contribution in [1.82, 2.24) is 4.90 Å². The number of nitriles is 1. The first-order valence-electron chi connectivity index (χ1n) is 5.98. The van der Waals surface area contributed by atoms with Crippen LogP contribution in [0.25, 0.3) is 0 Å². The third-order valence-electron chi connectivity index (χ3n) is 3.68. The molecule has 0 spiro atoms. The molecule has 1 N–H and O–H groups in total. The van der Waals surface area contributed by atoms with Gasteiger partial charge in [0.15, 0.2) is 0 Å². The van der Waals surface area contributed by atoms with Gasteiger partial charge in [-0.1, -0.05) is 13.8 Å². The van der Waals surface area contributed by atoms with Crippen LogP contribution in [-0.4, -0.2) is 35.1 Å². The number of nitrogens with zero attached hydrogens (tertiary/aromatic N) is 2. The van der Waals surface area contributed by atoms with Crippen LogP contribution in [0.15, 0.2) is 0 Å². The van der Waals surface area contributed by atoms with E-state index in [4.69, 9.17) is 0 Å². The summed E-state index contributed by atoms with van der Waals surface area (Å²) < 4.78 is 0. The maximum Gasteiger partial charge on any atom is 0.243 e. The molecule has 1 amide bonds. The lowest BCUT2D eigenvalue weighted by atomic mass is 9.82. The Hall–Kier alpha value is -1.08. The van der Waals surface area contributed by atoms with E-state index in [0.717, 1.165) is 12.8 Å². The average Bonchev–Trinajstić information content (AvgIpc) is 2.79. The largest absolute Gasteiger partial charge is 0.394 e. The zero-order chi connectivity index (χ0) is 12.2. The Balaban J connectivity index is 2.87. The smallest absolute Gasteiger partial charge is 0.243 e. The summed E-state index contributed by atoms with van der Waals surface area (Å²) >= 11 is 0. The number of aliphatic hydroxyl groups excluding tert-OH is 1. The Morgan fingerprint density at radius 1 is 1.56 bits per heavy atom. The third kappa shape index (κ3) is 2.05. The van der Waals surface area contributed by atoms with Crippen molar-refractivity contribution >= 4 is 5.91 Å². The van der Waals surface area contributed by atoms with Gasteiger partial charge in [0.25, 0.3) is 0 Å². The minimum atomic E-state index is -0.891. The summed E-state index contributed by atoms with van der Waals surface area (Å²) in [5.74, 6) is -0.100. The highest BCUT2D eigenvalue weighted by atomic mass is 16.3. The molecule has 0 aromatic rings. The summed E-state index contributed by atoms with van der Waals surface area (Å²) in [6.07, 6.45) is 2.84. The van der Waals surface area contributed by atoms with Gasteiger partial charge in [0, 0.05) is 6.54 Å². The summed E-state index contributed by atoms with van der Waals surface area (Å²) in [6, 6.07) is 2.08. The van der Waals surface area contributed by atoms with Crippen LogP contribution in [0.5, 0.6) is 0 Å². The lowest BCUT2D eigenvalue weighted by molar-refractivity contribution is -0.141. The van der Waals surface area contributed by atoms with E-state index in [0.29, 0.717) is 19.4 Å². The first-order valence-corrected chi connectivity index (χ1v) is 5.98. The summed E-state index contributed by atoms with van der Waals surface area (Å²) in [5.41, 5.74) is -0.891. The Morgan fingerprint density at radius 3 is 2.62 bits per heavy atom. The first kappa shape index (κ1) is 13.0. The molecule has 0 saturated carbocycles. The molecule has 1 atom stereocenters. The van der Waals surface area contributed by atoms with Gasteiger partial charge in [0.05, 0.1) is 18.7 Å². The van der Waals surface area contributed by atoms with Crippen LogP contribution in [0, 0.1) is 16.7 Å². The summed E-state index contributed by atoms with van der Waals surface area (Å²) in [4.78, 5) is 14.0. The number of hydrogen-bond acceptors (Lipinski definition) is 3. The minimum absolute atomic E-state index is 0.000672. The predicted molar refractivity (Wildman–Crippen MR) is 60.4 cm³/mol. The van der Waals surface area contributed by atoms with E-state index in [2.05, 4.69) is 6.07 Å². The zero-order valence-corrected chi connectivity index (χ0v) is 10.1. The lowest BCUT2D eigenvalue weighted by Crippen LogP contribution is -2.46. The number of aliphatic hydroxyl groups is 1. The normalized spacial score (nSPS) is 20.9. The molecule has 0 aromatic carbocycles. The molecule has 0 aromatic heterocycles. The molecule has 1 heterocycles. The second-order valence-corrected chi connectivity index (χ2v) is 4.38. The minimum Gasteiger partial charge on any atom is -0.394 e. The van der Waals surface area contributed by atoms with Crippen LogP contribution in [0.4, 0.5) is 0 Å². The Bertz CT molecular complexity index is 292. The monoisotopic (exact) mass is 224 g/mol. The number of amides is 1. The Labute approximate surface area is 96.9 Å². The van der Waals surface area contributed by atoms with Crippen molar-refractivity contribution in [1.29, 1.82) is 5.26 Å². The number of likely N-dealkylation sites (tertiary alicyclic amines) is 1. The highest BCUT2D eigenvalue weighted by Crippen LogP contribution is 2.31. The van der Waals surface area contributed by atoms with E-state index in [-0.39, 0.29) is 18.6 Å². The van der Waals surface area contributed by atoms with E-state index in [9.17, 15) is 15.2 Å². The van der Waals surface area contributed by atoms with Crippen LogP contribution in [-0.2, 0) is 4.79 Å². The quantitative estimate of drug-likeness (QED) is 0.782. The standard InChI is InChI=1S/C12H20N2O2/c1-3-12(4-2,9-13)11(16)14-7-5-6-10(14)8-15/h10,15H,3-8H2,1-2H3. The van der Waals surface area contributed by atoms with Crippen molar-refractivity contribution in [3.63, 3.8) is 0 Å². The molecule has 1 aliphatic heterocycles. The van der Waals surface area contributed by atoms with Gasteiger partial charge in [-0.15, -0.1) is 0 Å². The molecule has 1 saturated heterocycles. The second kappa shape index (κ2) is 5.31. The zero-order valence-electron chi connectivity index (χ0n) is 10.1. The number of carbonyl (C=O) groups is 1. The van der Waals surface area contributed by atoms with E-state index >= 15 is 0 Å². The highest BCUT2D eigenvalue weighted by Gasteiger charge is 2.41. The van der Waals surface area contributed by atoms with Crippen molar-refractivity contribution in [2.45, 2.75) is 45.6 Å². The molecule has 4 nitrogen and oxygen atoms in total. The van der Waals surface area contributed by atoms with Gasteiger partial charge in [-0.05, 0) is 25.7 Å². The first-order chi connectivity index (χ1) is 7.65. The van der Waals surface area contributed by atoms with Gasteiger partial charge >= 0.3 is 0 Å². The predicted octanol–water partition coefficient (Wildman–Crippen LogP) is 1.30. The molecule has 90 valence electrons. The molecular formula is C12H20N2O2. The van der Waals surface area contributed by atoms with Gasteiger partial charge < -0.3 is 10.0 Å². The Morgan fingerprint density at radius 2 is 2.19 bits per heavy atom. The van der Waals surface area contributed by atoms with Gasteiger partial charge in [0.1, 0.15) is 5.41 Å². The fraction of sp³-hybridized carbons (Fsp3) is 0.833. The fourth-order valence-electron chi connectivity index (χ4n) is 2.33. The molecule has 1 aliphatic rings. The summed E-state index contributed by atoms with van der Waals surface area (Å²) in [7, 11) is 0. The molecule has 0 radical (unpaired) electrons. The summed E-state index contributed by atoms with van der Waals surface area (Å²) in [5, 5.41) is 18.4. The molecular weight excluding hydrogens is 204 g/mol. The van der Waals surface area contributed by atoms with Crippen LogP contribution in [0.3, 0.4) is 0 Å². The summed E-state index contributed by atoms with van der Waals surface area (Å²) in [6.45, 7) is 4.41.